The van der Waals surface area contributed by atoms with E-state index in [9.17, 15) is 0 Å². The van der Waals surface area contributed by atoms with Crippen molar-refractivity contribution < 1.29 is 9.47 Å². The molecule has 94 valence electrons. The molecule has 2 heterocycles. The lowest BCUT2D eigenvalue weighted by atomic mass is 10.2. The molecule has 1 aromatic rings. The Morgan fingerprint density at radius 3 is 3.24 bits per heavy atom. The van der Waals surface area contributed by atoms with Crippen LogP contribution in [0.5, 0.6) is 5.88 Å². The van der Waals surface area contributed by atoms with E-state index in [4.69, 9.17) is 15.2 Å². The molecule has 0 bridgehead atoms. The molecule has 0 aliphatic carbocycles. The third kappa shape index (κ3) is 2.87. The molecular formula is C12H19N3O2. The molecule has 0 aromatic carbocycles. The Bertz CT molecular complexity index is 359. The van der Waals surface area contributed by atoms with Crippen LogP contribution in [0.2, 0.25) is 0 Å². The van der Waals surface area contributed by atoms with Crippen LogP contribution in [-0.2, 0) is 4.74 Å². The van der Waals surface area contributed by atoms with E-state index in [1.807, 2.05) is 25.1 Å². The summed E-state index contributed by atoms with van der Waals surface area (Å²) in [7, 11) is 0. The number of rotatable bonds is 4. The summed E-state index contributed by atoms with van der Waals surface area (Å²) in [6, 6.07) is 6.01. The van der Waals surface area contributed by atoms with Crippen LogP contribution in [0.4, 0.5) is 5.82 Å². The Labute approximate surface area is 102 Å². The van der Waals surface area contributed by atoms with Gasteiger partial charge in [-0.2, -0.15) is 4.98 Å². The Hall–Kier alpha value is -1.33. The molecular weight excluding hydrogens is 218 g/mol. The van der Waals surface area contributed by atoms with Crippen molar-refractivity contribution in [2.45, 2.75) is 13.0 Å². The second kappa shape index (κ2) is 5.84. The van der Waals surface area contributed by atoms with Gasteiger partial charge in [0.15, 0.2) is 0 Å². The van der Waals surface area contributed by atoms with Crippen molar-refractivity contribution in [3.63, 3.8) is 0 Å². The minimum absolute atomic E-state index is 0.202. The van der Waals surface area contributed by atoms with Gasteiger partial charge >= 0.3 is 0 Å². The number of anilines is 1. The minimum Gasteiger partial charge on any atom is -0.478 e. The van der Waals surface area contributed by atoms with Crippen LogP contribution < -0.4 is 15.4 Å². The van der Waals surface area contributed by atoms with Gasteiger partial charge in [-0.25, -0.2) is 0 Å². The van der Waals surface area contributed by atoms with Crippen LogP contribution in [0, 0.1) is 0 Å². The lowest BCUT2D eigenvalue weighted by Gasteiger charge is -2.35. The molecule has 1 fully saturated rings. The van der Waals surface area contributed by atoms with Gasteiger partial charge in [0.25, 0.3) is 0 Å². The van der Waals surface area contributed by atoms with Crippen molar-refractivity contribution in [2.75, 3.05) is 37.8 Å². The van der Waals surface area contributed by atoms with E-state index in [1.165, 1.54) is 0 Å². The summed E-state index contributed by atoms with van der Waals surface area (Å²) in [4.78, 5) is 6.66. The number of ether oxygens (including phenoxy) is 2. The third-order valence-corrected chi connectivity index (χ3v) is 2.79. The summed E-state index contributed by atoms with van der Waals surface area (Å²) >= 11 is 0. The summed E-state index contributed by atoms with van der Waals surface area (Å²) in [5, 5.41) is 0. The number of hydrogen-bond donors (Lipinski definition) is 1. The number of nitrogens with two attached hydrogens (primary N) is 1. The molecule has 0 amide bonds. The second-order valence-corrected chi connectivity index (χ2v) is 3.92. The highest BCUT2D eigenvalue weighted by Gasteiger charge is 2.23. The fourth-order valence-electron chi connectivity index (χ4n) is 1.94. The van der Waals surface area contributed by atoms with Gasteiger partial charge in [0.1, 0.15) is 5.82 Å². The number of morpholine rings is 1. The smallest absolute Gasteiger partial charge is 0.215 e. The van der Waals surface area contributed by atoms with Gasteiger partial charge in [-0.05, 0) is 13.0 Å². The maximum absolute atomic E-state index is 5.75. The van der Waals surface area contributed by atoms with Gasteiger partial charge in [-0.15, -0.1) is 0 Å². The van der Waals surface area contributed by atoms with Crippen LogP contribution >= 0.6 is 0 Å². The fourth-order valence-corrected chi connectivity index (χ4v) is 1.94. The number of aromatic nitrogens is 1. The molecule has 1 atom stereocenters. The van der Waals surface area contributed by atoms with Gasteiger partial charge in [0, 0.05) is 19.2 Å². The zero-order valence-corrected chi connectivity index (χ0v) is 10.1. The molecule has 1 aliphatic heterocycles. The van der Waals surface area contributed by atoms with E-state index >= 15 is 0 Å². The summed E-state index contributed by atoms with van der Waals surface area (Å²) < 4.78 is 10.8. The van der Waals surface area contributed by atoms with Crippen molar-refractivity contribution >= 4 is 5.82 Å². The predicted octanol–water partition coefficient (Wildman–Crippen LogP) is 0.644. The van der Waals surface area contributed by atoms with E-state index in [2.05, 4.69) is 9.88 Å². The van der Waals surface area contributed by atoms with Crippen LogP contribution in [-0.4, -0.2) is 43.9 Å². The maximum Gasteiger partial charge on any atom is 0.215 e. The zero-order chi connectivity index (χ0) is 12.1. The van der Waals surface area contributed by atoms with Gasteiger partial charge < -0.3 is 20.1 Å². The first-order valence-electron chi connectivity index (χ1n) is 5.99. The average Bonchev–Trinajstić information content (AvgIpc) is 2.39. The summed E-state index contributed by atoms with van der Waals surface area (Å²) in [6.07, 6.45) is 0. The second-order valence-electron chi connectivity index (χ2n) is 3.92. The summed E-state index contributed by atoms with van der Waals surface area (Å²) in [6.45, 7) is 5.35. The van der Waals surface area contributed by atoms with Crippen molar-refractivity contribution in [3.8, 4) is 5.88 Å². The lowest BCUT2D eigenvalue weighted by Crippen LogP contribution is -2.49. The summed E-state index contributed by atoms with van der Waals surface area (Å²) in [5.74, 6) is 1.57. The number of hydrogen-bond acceptors (Lipinski definition) is 5. The fraction of sp³-hybridized carbons (Fsp3) is 0.583. The molecule has 1 saturated heterocycles. The van der Waals surface area contributed by atoms with Crippen molar-refractivity contribution in [2.24, 2.45) is 5.73 Å². The van der Waals surface area contributed by atoms with Crippen LogP contribution in [0.25, 0.3) is 0 Å². The van der Waals surface area contributed by atoms with Crippen LogP contribution in [0.3, 0.4) is 0 Å². The zero-order valence-electron chi connectivity index (χ0n) is 10.1. The Morgan fingerprint density at radius 1 is 1.59 bits per heavy atom. The average molecular weight is 237 g/mol. The van der Waals surface area contributed by atoms with E-state index in [1.54, 1.807) is 0 Å². The van der Waals surface area contributed by atoms with Gasteiger partial charge in [-0.1, -0.05) is 6.07 Å². The first-order valence-corrected chi connectivity index (χ1v) is 5.99. The molecule has 1 aromatic heterocycles. The molecule has 0 radical (unpaired) electrons. The molecule has 5 nitrogen and oxygen atoms in total. The predicted molar refractivity (Wildman–Crippen MR) is 66.4 cm³/mol. The monoisotopic (exact) mass is 237 g/mol. The van der Waals surface area contributed by atoms with Crippen molar-refractivity contribution in [3.05, 3.63) is 18.2 Å². The summed E-state index contributed by atoms with van der Waals surface area (Å²) in [5.41, 5.74) is 5.75. The number of nitrogens with zero attached hydrogens (tertiary/aromatic N) is 2. The Morgan fingerprint density at radius 2 is 2.47 bits per heavy atom. The third-order valence-electron chi connectivity index (χ3n) is 2.79. The Balaban J connectivity index is 2.16. The van der Waals surface area contributed by atoms with Crippen molar-refractivity contribution in [1.82, 2.24) is 4.98 Å². The van der Waals surface area contributed by atoms with Gasteiger partial charge in [0.05, 0.1) is 25.9 Å². The first-order chi connectivity index (χ1) is 8.35. The highest BCUT2D eigenvalue weighted by atomic mass is 16.5. The SMILES string of the molecule is CCOc1cccc(N2CCOCC2CN)n1. The molecule has 2 rings (SSSR count). The maximum atomic E-state index is 5.75. The topological polar surface area (TPSA) is 60.6 Å². The largest absolute Gasteiger partial charge is 0.478 e. The molecule has 17 heavy (non-hydrogen) atoms. The van der Waals surface area contributed by atoms with Crippen molar-refractivity contribution in [1.29, 1.82) is 0 Å². The molecule has 1 aliphatic rings. The van der Waals surface area contributed by atoms with E-state index in [0.717, 1.165) is 19.0 Å². The lowest BCUT2D eigenvalue weighted by molar-refractivity contribution is 0.0957. The standard InChI is InChI=1S/C12H19N3O2/c1-2-17-12-5-3-4-11(14-12)15-6-7-16-9-10(15)8-13/h3-5,10H,2,6-9,13H2,1H3. The van der Waals surface area contributed by atoms with E-state index in [0.29, 0.717) is 25.6 Å². The number of pyridine rings is 1. The molecule has 1 unspecified atom stereocenters. The van der Waals surface area contributed by atoms with Gasteiger partial charge in [0.2, 0.25) is 5.88 Å². The van der Waals surface area contributed by atoms with E-state index < -0.39 is 0 Å². The highest BCUT2D eigenvalue weighted by molar-refractivity contribution is 5.42. The van der Waals surface area contributed by atoms with E-state index in [-0.39, 0.29) is 6.04 Å². The first kappa shape index (κ1) is 12.1. The molecule has 0 saturated carbocycles. The normalized spacial score (nSPS) is 20.4. The Kier molecular flexibility index (Phi) is 4.17. The minimum atomic E-state index is 0.202. The van der Waals surface area contributed by atoms with Gasteiger partial charge in [-0.3, -0.25) is 0 Å². The molecule has 2 N–H and O–H groups in total. The highest BCUT2D eigenvalue weighted by Crippen LogP contribution is 2.19. The van der Waals surface area contributed by atoms with Crippen LogP contribution in [0.1, 0.15) is 6.92 Å². The quantitative estimate of drug-likeness (QED) is 0.833. The molecule has 0 spiro atoms. The van der Waals surface area contributed by atoms with Crippen LogP contribution in [0.15, 0.2) is 18.2 Å². The molecule has 5 heteroatoms.